The molecule has 0 aliphatic rings. The van der Waals surface area contributed by atoms with Crippen molar-refractivity contribution < 1.29 is 72.4 Å². The number of carboxylic acids is 2. The van der Waals surface area contributed by atoms with Crippen LogP contribution in [0.5, 0.6) is 11.5 Å². The number of hydrogen-bond acceptors (Lipinski definition) is 19. The second kappa shape index (κ2) is 44.7. The number of carbonyl (C=O) groups excluding carboxylic acids is 9. The molecule has 108 heavy (non-hydrogen) atoms. The third-order valence-corrected chi connectivity index (χ3v) is 15.8. The van der Waals surface area contributed by atoms with Gasteiger partial charge in [-0.2, -0.15) is 4.99 Å². The standard InChI is InChI=1S/C38H44N8O8.C37H42N8O7S2/c1-4-41-26-11-13-27(14-12-26)45-38(53)43-21-29(47)10-5-6-17-54-30-18-23(2)34(24(3)19-30)35(50)46-31(36(51)52)22-42-33(49)16-15-32(48)25-8-7-9-28(20-25)44-37(39)40;1-22-16-29(52-15-4-3-8-28(46)19-41-37(54)44-26-11-9-25(10-12-26)42-21-53)17-23(2)33(22)34(49)45-30(35(50)51)20-40-32(48)14-13-31(47)24-6-5-7-27(18-24)43-36(38)39/h7-9,11-14,18-20,31H,1,5-6,10,15-17,21-22H2,2-3H3,(H,42,49)(H,46,50)(H,51,52)(H4,39,40,44)(H2,43,45,53);5-7,9-12,16-18,30H,3-4,8,13-15,19-20H2,1-2H3,(H,40,48)(H,45,49)(H,50,51)(H4,38,39,43)(H2,41,44,54). The minimum absolute atomic E-state index is 0.00998. The molecule has 0 fully saturated rings. The number of nitrogens with one attached hydrogen (secondary N) is 8. The predicted molar refractivity (Wildman–Crippen MR) is 417 cm³/mol. The number of nitrogens with two attached hydrogens (primary N) is 4. The van der Waals surface area contributed by atoms with Gasteiger partial charge in [-0.15, -0.1) is 0 Å². The van der Waals surface area contributed by atoms with Crippen LogP contribution in [-0.2, 0) is 28.8 Å². The SMILES string of the molecule is C=C=Nc1ccc(NC(=O)NCC(=O)CCCCOc2cc(C)c(C(=O)NC(CNC(=O)CCC(=O)c3cccc(N=C(N)N)c3)C(=O)O)c(C)c2)cc1.Cc1cc(OCCCCC(=O)CNC(=S)Nc2ccc(N=C=S)cc2)cc(C)c1C(=O)NC(CNC(=O)CCC(=O)c1cccc(N=C(N)N)c1)C(=O)O. The Hall–Kier alpha value is -12.8. The van der Waals surface area contributed by atoms with Gasteiger partial charge in [-0.25, -0.2) is 29.4 Å². The molecule has 0 saturated carbocycles. The van der Waals surface area contributed by atoms with Gasteiger partial charge < -0.3 is 85.2 Å². The quantitative estimate of drug-likeness (QED) is 0.00578. The smallest absolute Gasteiger partial charge is 0.328 e. The van der Waals surface area contributed by atoms with Crippen molar-refractivity contribution in [2.75, 3.05) is 50.0 Å². The van der Waals surface area contributed by atoms with E-state index in [0.717, 1.165) is 5.69 Å². The number of unbranched alkanes of at least 4 members (excludes halogenated alkanes) is 2. The number of isothiocyanates is 1. The molecule has 0 radical (unpaired) electrons. The number of ether oxygens (including phenoxy) is 2. The molecule has 6 aromatic rings. The number of amides is 6. The summed E-state index contributed by atoms with van der Waals surface area (Å²) in [5.41, 5.74) is 28.2. The molecule has 33 heteroatoms. The molecule has 6 rings (SSSR count). The number of hydrogen-bond donors (Lipinski definition) is 14. The number of benzene rings is 6. The number of carbonyl (C=O) groups is 11. The molecule has 0 aromatic heterocycles. The summed E-state index contributed by atoms with van der Waals surface area (Å²) in [5, 5.41) is 42.9. The van der Waals surface area contributed by atoms with E-state index in [1.165, 1.54) is 12.1 Å². The van der Waals surface area contributed by atoms with Gasteiger partial charge in [-0.3, -0.25) is 38.4 Å². The van der Waals surface area contributed by atoms with Gasteiger partial charge in [0.1, 0.15) is 23.6 Å². The summed E-state index contributed by atoms with van der Waals surface area (Å²) in [6, 6.07) is 29.6. The fourth-order valence-electron chi connectivity index (χ4n) is 10.2. The van der Waals surface area contributed by atoms with E-state index in [0.29, 0.717) is 124 Å². The second-order valence-corrected chi connectivity index (χ2v) is 24.7. The van der Waals surface area contributed by atoms with Crippen LogP contribution in [0.1, 0.15) is 128 Å². The zero-order valence-electron chi connectivity index (χ0n) is 59.8. The predicted octanol–water partition coefficient (Wildman–Crippen LogP) is 7.61. The Kier molecular flexibility index (Phi) is 35.6. The zero-order chi connectivity index (χ0) is 79.2. The van der Waals surface area contributed by atoms with Crippen LogP contribution in [0.25, 0.3) is 0 Å². The lowest BCUT2D eigenvalue weighted by Crippen LogP contribution is -2.48. The molecule has 0 spiro atoms. The number of urea groups is 1. The normalized spacial score (nSPS) is 10.9. The van der Waals surface area contributed by atoms with Crippen molar-refractivity contribution in [2.24, 2.45) is 42.9 Å². The average Bonchev–Trinajstić information content (AvgIpc) is 0.824. The topological polar surface area (TPSA) is 496 Å². The number of aryl methyl sites for hydroxylation is 4. The van der Waals surface area contributed by atoms with Crippen molar-refractivity contribution in [1.29, 1.82) is 0 Å². The van der Waals surface area contributed by atoms with Crippen molar-refractivity contribution in [1.82, 2.24) is 31.9 Å². The molecule has 6 aromatic carbocycles. The van der Waals surface area contributed by atoms with Gasteiger partial charge in [-0.05, 0) is 210 Å². The highest BCUT2D eigenvalue weighted by Gasteiger charge is 2.26. The highest BCUT2D eigenvalue weighted by molar-refractivity contribution is 7.80. The first-order valence-corrected chi connectivity index (χ1v) is 34.5. The first kappa shape index (κ1) is 85.8. The first-order chi connectivity index (χ1) is 51.5. The summed E-state index contributed by atoms with van der Waals surface area (Å²) in [4.78, 5) is 152. The van der Waals surface area contributed by atoms with Crippen molar-refractivity contribution in [3.63, 3.8) is 0 Å². The monoisotopic (exact) mass is 1510 g/mol. The van der Waals surface area contributed by atoms with Gasteiger partial charge >= 0.3 is 18.0 Å². The van der Waals surface area contributed by atoms with Crippen molar-refractivity contribution >= 4 is 151 Å². The van der Waals surface area contributed by atoms with E-state index in [2.05, 4.69) is 92.3 Å². The number of thiocarbonyl (C=S) groups is 2. The maximum atomic E-state index is 13.2. The lowest BCUT2D eigenvalue weighted by molar-refractivity contribution is -0.140. The number of aliphatic carboxylic acids is 2. The summed E-state index contributed by atoms with van der Waals surface area (Å²) in [7, 11) is 0. The Morgan fingerprint density at radius 1 is 0.491 bits per heavy atom. The summed E-state index contributed by atoms with van der Waals surface area (Å²) < 4.78 is 11.7. The zero-order valence-corrected chi connectivity index (χ0v) is 61.5. The van der Waals surface area contributed by atoms with Gasteiger partial charge in [0.25, 0.3) is 11.8 Å². The van der Waals surface area contributed by atoms with Crippen LogP contribution < -0.4 is 74.9 Å². The fourth-order valence-corrected chi connectivity index (χ4v) is 10.5. The van der Waals surface area contributed by atoms with Crippen LogP contribution in [0, 0.1) is 27.7 Å². The summed E-state index contributed by atoms with van der Waals surface area (Å²) >= 11 is 9.84. The minimum atomic E-state index is -1.44. The maximum absolute atomic E-state index is 13.2. The van der Waals surface area contributed by atoms with Crippen molar-refractivity contribution in [3.8, 4) is 11.5 Å². The van der Waals surface area contributed by atoms with Crippen LogP contribution in [0.3, 0.4) is 0 Å². The van der Waals surface area contributed by atoms with Crippen LogP contribution in [0.2, 0.25) is 0 Å². The molecule has 2 unspecified atom stereocenters. The van der Waals surface area contributed by atoms with Gasteiger partial charge in [0.05, 0.1) is 54.2 Å². The van der Waals surface area contributed by atoms with E-state index in [4.69, 9.17) is 44.6 Å². The third kappa shape index (κ3) is 31.2. The summed E-state index contributed by atoms with van der Waals surface area (Å²) in [6.07, 6.45) is 2.19. The number of guanidine groups is 2. The molecule has 0 heterocycles. The number of anilines is 2. The van der Waals surface area contributed by atoms with E-state index >= 15 is 0 Å². The number of carboxylic acid groups (broad SMARTS) is 2. The summed E-state index contributed by atoms with van der Waals surface area (Å²) in [5.74, 6) is -2.81. The van der Waals surface area contributed by atoms with E-state index in [-0.39, 0.29) is 91.4 Å². The Bertz CT molecular complexity index is 4110. The molecular weight excluding hydrogens is 1430 g/mol. The molecule has 6 amide bonds. The summed E-state index contributed by atoms with van der Waals surface area (Å²) in [6.45, 7) is 9.98. The molecule has 0 bridgehead atoms. The molecule has 18 N–H and O–H groups in total. The van der Waals surface area contributed by atoms with Crippen molar-refractivity contribution in [2.45, 2.75) is 104 Å². The molecule has 568 valence electrons. The maximum Gasteiger partial charge on any atom is 0.328 e. The number of rotatable bonds is 40. The van der Waals surface area contributed by atoms with Crippen LogP contribution in [-0.4, -0.2) is 154 Å². The van der Waals surface area contributed by atoms with E-state index < -0.39 is 66.8 Å². The second-order valence-electron chi connectivity index (χ2n) is 24.1. The Morgan fingerprint density at radius 2 is 0.889 bits per heavy atom. The van der Waals surface area contributed by atoms with Gasteiger partial charge in [-0.1, -0.05) is 24.3 Å². The largest absolute Gasteiger partial charge is 0.494 e. The van der Waals surface area contributed by atoms with Gasteiger partial charge in [0.15, 0.2) is 40.2 Å². The Balaban J connectivity index is 0.000000387. The minimum Gasteiger partial charge on any atom is -0.494 e. The molecule has 31 nitrogen and oxygen atoms in total. The molecule has 0 saturated heterocycles. The van der Waals surface area contributed by atoms with E-state index in [9.17, 15) is 63.0 Å². The van der Waals surface area contributed by atoms with Crippen LogP contribution >= 0.6 is 24.4 Å². The number of nitrogens with zero attached hydrogens (tertiary/aromatic N) is 4. The van der Waals surface area contributed by atoms with E-state index in [1.54, 1.807) is 137 Å². The average molecular weight is 1520 g/mol. The Labute approximate surface area is 633 Å². The number of Topliss-reactive ketones (excluding diaryl/α,β-unsaturated/α-hetero) is 4. The van der Waals surface area contributed by atoms with Gasteiger partial charge in [0.2, 0.25) is 11.8 Å². The third-order valence-electron chi connectivity index (χ3n) is 15.5. The molecule has 0 aliphatic carbocycles. The molecule has 2 atom stereocenters. The van der Waals surface area contributed by atoms with Gasteiger partial charge in [0, 0.05) is 85.2 Å². The number of aliphatic imine (C=N–C) groups is 4. The van der Waals surface area contributed by atoms with Crippen LogP contribution in [0.15, 0.2) is 148 Å². The lowest BCUT2D eigenvalue weighted by atomic mass is 10.0. The lowest BCUT2D eigenvalue weighted by Gasteiger charge is -2.18. The first-order valence-electron chi connectivity index (χ1n) is 33.7. The molecule has 0 aliphatic heterocycles. The highest BCUT2D eigenvalue weighted by Crippen LogP contribution is 2.26. The highest BCUT2D eigenvalue weighted by atomic mass is 32.1. The van der Waals surface area contributed by atoms with E-state index in [1.807, 2.05) is 0 Å². The van der Waals surface area contributed by atoms with Crippen LogP contribution in [0.4, 0.5) is 38.9 Å². The molecular formula is C75H86N16O15S2. The Morgan fingerprint density at radius 3 is 1.28 bits per heavy atom. The van der Waals surface area contributed by atoms with Crippen molar-refractivity contribution in [3.05, 3.63) is 172 Å². The number of ketones is 4. The fraction of sp³-hybridized carbons (Fsp3) is 0.293.